The Bertz CT molecular complexity index is 1930. The highest BCUT2D eigenvalue weighted by Gasteiger charge is 2.32. The van der Waals surface area contributed by atoms with Crippen LogP contribution in [0.5, 0.6) is 0 Å². The SMILES string of the molecule is Cn1nnc(-c2ccc3oc(-c4ccnc(C(=O)N5CCN([C@@H](c6ccccc6)c6nnn(C(F)F)n6)CC5)c4)nc3c2)n1. The number of fused-ring (bicyclic) bond motifs is 1. The molecule has 16 heteroatoms. The maximum atomic E-state index is 13.5. The number of tetrazole rings is 2. The zero-order chi connectivity index (χ0) is 30.2. The van der Waals surface area contributed by atoms with E-state index < -0.39 is 12.6 Å². The van der Waals surface area contributed by atoms with Crippen LogP contribution in [-0.2, 0) is 7.05 Å². The Kier molecular flexibility index (Phi) is 7.01. The molecule has 1 atom stereocenters. The fraction of sp³-hybridized carbons (Fsp3) is 0.250. The van der Waals surface area contributed by atoms with Gasteiger partial charge in [-0.2, -0.15) is 13.6 Å². The molecule has 0 bridgehead atoms. The third-order valence-electron chi connectivity index (χ3n) is 7.32. The van der Waals surface area contributed by atoms with Gasteiger partial charge in [-0.1, -0.05) is 35.1 Å². The number of aryl methyl sites for hydroxylation is 1. The summed E-state index contributed by atoms with van der Waals surface area (Å²) in [5.41, 5.74) is 3.64. The number of pyridine rings is 1. The predicted octanol–water partition coefficient (Wildman–Crippen LogP) is 3.01. The van der Waals surface area contributed by atoms with Crippen molar-refractivity contribution in [1.29, 1.82) is 0 Å². The molecular weight excluding hydrogens is 574 g/mol. The second-order valence-electron chi connectivity index (χ2n) is 10.1. The van der Waals surface area contributed by atoms with E-state index in [1.54, 1.807) is 36.3 Å². The van der Waals surface area contributed by atoms with Crippen LogP contribution in [0.2, 0.25) is 0 Å². The van der Waals surface area contributed by atoms with E-state index in [1.165, 1.54) is 4.80 Å². The second-order valence-corrected chi connectivity index (χ2v) is 10.1. The van der Waals surface area contributed by atoms with Crippen molar-refractivity contribution < 1.29 is 18.0 Å². The van der Waals surface area contributed by atoms with Crippen LogP contribution in [0.3, 0.4) is 0 Å². The molecule has 5 heterocycles. The van der Waals surface area contributed by atoms with Gasteiger partial charge in [0.05, 0.1) is 13.1 Å². The number of alkyl halides is 2. The Morgan fingerprint density at radius 2 is 1.73 bits per heavy atom. The molecule has 0 saturated carbocycles. The third-order valence-corrected chi connectivity index (χ3v) is 7.32. The zero-order valence-corrected chi connectivity index (χ0v) is 23.3. The van der Waals surface area contributed by atoms with E-state index in [1.807, 2.05) is 42.5 Å². The molecule has 222 valence electrons. The Hall–Kier alpha value is -5.51. The Labute approximate surface area is 247 Å². The van der Waals surface area contributed by atoms with Crippen molar-refractivity contribution in [1.82, 2.24) is 60.2 Å². The molecule has 7 rings (SSSR count). The Morgan fingerprint density at radius 1 is 0.909 bits per heavy atom. The highest BCUT2D eigenvalue weighted by molar-refractivity contribution is 5.93. The van der Waals surface area contributed by atoms with E-state index in [4.69, 9.17) is 4.42 Å². The molecule has 1 aliphatic rings. The van der Waals surface area contributed by atoms with Crippen LogP contribution in [0, 0.1) is 0 Å². The maximum Gasteiger partial charge on any atom is 0.350 e. The van der Waals surface area contributed by atoms with E-state index in [2.05, 4.69) is 45.7 Å². The standard InChI is InChI=1S/C28H24F2N12O2/c1-39-35-24(33-37-39)18-7-8-22-20(15-18)32-26(44-22)19-9-10-31-21(16-19)27(43)41-13-11-40(12-14-41)23(17-5-3-2-4-6-17)25-34-38-42(36-25)28(29)30/h2-10,15-16,23,28H,11-14H2,1H3/t23-/m0/s1. The summed E-state index contributed by atoms with van der Waals surface area (Å²) >= 11 is 0. The summed E-state index contributed by atoms with van der Waals surface area (Å²) in [5.74, 6) is 0.753. The van der Waals surface area contributed by atoms with Crippen molar-refractivity contribution in [3.63, 3.8) is 0 Å². The molecule has 6 aromatic rings. The summed E-state index contributed by atoms with van der Waals surface area (Å²) in [5, 5.41) is 23.5. The lowest BCUT2D eigenvalue weighted by atomic mass is 10.0. The van der Waals surface area contributed by atoms with Gasteiger partial charge in [0.25, 0.3) is 5.91 Å². The average Bonchev–Trinajstić information content (AvgIpc) is 3.82. The molecule has 0 unspecified atom stereocenters. The fourth-order valence-corrected chi connectivity index (χ4v) is 5.20. The van der Waals surface area contributed by atoms with E-state index in [9.17, 15) is 13.6 Å². The number of benzene rings is 2. The minimum Gasteiger partial charge on any atom is -0.436 e. The molecule has 1 amide bonds. The lowest BCUT2D eigenvalue weighted by molar-refractivity contribution is 0.0385. The molecule has 0 spiro atoms. The molecule has 0 N–H and O–H groups in total. The number of piperazine rings is 1. The van der Waals surface area contributed by atoms with Gasteiger partial charge >= 0.3 is 6.55 Å². The molecule has 4 aromatic heterocycles. The number of oxazole rings is 1. The number of halogens is 2. The van der Waals surface area contributed by atoms with Gasteiger partial charge in [0.2, 0.25) is 11.7 Å². The average molecular weight is 599 g/mol. The number of nitrogens with zero attached hydrogens (tertiary/aromatic N) is 12. The number of amides is 1. The molecule has 1 saturated heterocycles. The molecule has 44 heavy (non-hydrogen) atoms. The number of carbonyl (C=O) groups excluding carboxylic acids is 1. The first-order chi connectivity index (χ1) is 21.4. The molecule has 0 aliphatic carbocycles. The van der Waals surface area contributed by atoms with Crippen molar-refractivity contribution in [2.24, 2.45) is 7.05 Å². The Balaban J connectivity index is 1.08. The summed E-state index contributed by atoms with van der Waals surface area (Å²) in [7, 11) is 1.69. The van der Waals surface area contributed by atoms with Crippen LogP contribution < -0.4 is 0 Å². The number of hydrogen-bond donors (Lipinski definition) is 0. The van der Waals surface area contributed by atoms with E-state index >= 15 is 0 Å². The fourth-order valence-electron chi connectivity index (χ4n) is 5.20. The van der Waals surface area contributed by atoms with Crippen molar-refractivity contribution in [3.05, 3.63) is 83.9 Å². The van der Waals surface area contributed by atoms with Crippen molar-refractivity contribution in [2.45, 2.75) is 12.6 Å². The lowest BCUT2D eigenvalue weighted by Gasteiger charge is -2.38. The highest BCUT2D eigenvalue weighted by atomic mass is 19.3. The van der Waals surface area contributed by atoms with E-state index in [-0.39, 0.29) is 17.4 Å². The topological polar surface area (TPSA) is 150 Å². The summed E-state index contributed by atoms with van der Waals surface area (Å²) in [6, 6.07) is 17.7. The monoisotopic (exact) mass is 598 g/mol. The first kappa shape index (κ1) is 27.3. The maximum absolute atomic E-state index is 13.5. The second kappa shape index (κ2) is 11.3. The summed E-state index contributed by atoms with van der Waals surface area (Å²) in [6.45, 7) is -1.19. The van der Waals surface area contributed by atoms with Gasteiger partial charge in [0, 0.05) is 43.5 Å². The molecule has 14 nitrogen and oxygen atoms in total. The smallest absolute Gasteiger partial charge is 0.350 e. The van der Waals surface area contributed by atoms with Crippen molar-refractivity contribution in [3.8, 4) is 22.8 Å². The van der Waals surface area contributed by atoms with Gasteiger partial charge < -0.3 is 9.32 Å². The van der Waals surface area contributed by atoms with Crippen LogP contribution in [-0.4, -0.2) is 92.3 Å². The van der Waals surface area contributed by atoms with Gasteiger partial charge in [-0.3, -0.25) is 14.7 Å². The third kappa shape index (κ3) is 5.26. The summed E-state index contributed by atoms with van der Waals surface area (Å²) in [4.78, 5) is 27.9. The Morgan fingerprint density at radius 3 is 2.45 bits per heavy atom. The first-order valence-electron chi connectivity index (χ1n) is 13.7. The van der Waals surface area contributed by atoms with E-state index in [0.717, 1.165) is 11.1 Å². The van der Waals surface area contributed by atoms with Crippen LogP contribution in [0.15, 0.2) is 71.3 Å². The molecule has 1 fully saturated rings. The van der Waals surface area contributed by atoms with Gasteiger partial charge in [-0.05, 0) is 46.3 Å². The van der Waals surface area contributed by atoms with Gasteiger partial charge in [-0.15, -0.1) is 20.4 Å². The first-order valence-corrected chi connectivity index (χ1v) is 13.7. The van der Waals surface area contributed by atoms with E-state index in [0.29, 0.717) is 59.4 Å². The van der Waals surface area contributed by atoms with Crippen LogP contribution >= 0.6 is 0 Å². The lowest BCUT2D eigenvalue weighted by Crippen LogP contribution is -2.50. The summed E-state index contributed by atoms with van der Waals surface area (Å²) in [6.07, 6.45) is 1.55. The predicted molar refractivity (Wildman–Crippen MR) is 150 cm³/mol. The molecular formula is C28H24F2N12O2. The van der Waals surface area contributed by atoms with Gasteiger partial charge in [-0.25, -0.2) is 4.98 Å². The number of carbonyl (C=O) groups is 1. The quantitative estimate of drug-likeness (QED) is 0.267. The van der Waals surface area contributed by atoms with Crippen molar-refractivity contribution >= 4 is 17.0 Å². The van der Waals surface area contributed by atoms with Gasteiger partial charge in [0.15, 0.2) is 11.4 Å². The summed E-state index contributed by atoms with van der Waals surface area (Å²) < 4.78 is 32.3. The van der Waals surface area contributed by atoms with Gasteiger partial charge in [0.1, 0.15) is 11.2 Å². The normalized spacial score (nSPS) is 14.9. The van der Waals surface area contributed by atoms with Crippen LogP contribution in [0.25, 0.3) is 33.9 Å². The highest BCUT2D eigenvalue weighted by Crippen LogP contribution is 2.29. The largest absolute Gasteiger partial charge is 0.436 e. The molecule has 1 aliphatic heterocycles. The number of hydrogen-bond acceptors (Lipinski definition) is 11. The van der Waals surface area contributed by atoms with Crippen LogP contribution in [0.4, 0.5) is 8.78 Å². The number of aromatic nitrogens is 10. The zero-order valence-electron chi connectivity index (χ0n) is 23.3. The minimum atomic E-state index is -2.89. The van der Waals surface area contributed by atoms with Crippen LogP contribution in [0.1, 0.15) is 34.5 Å². The molecule has 2 aromatic carbocycles. The minimum absolute atomic E-state index is 0.170. The number of rotatable bonds is 7. The molecule has 0 radical (unpaired) electrons. The van der Waals surface area contributed by atoms with Crippen molar-refractivity contribution in [2.75, 3.05) is 26.2 Å².